The predicted molar refractivity (Wildman–Crippen MR) is 265 cm³/mol. The van der Waals surface area contributed by atoms with E-state index in [1.165, 1.54) is 28.5 Å². The van der Waals surface area contributed by atoms with Crippen LogP contribution in [0.3, 0.4) is 0 Å². The van der Waals surface area contributed by atoms with Gasteiger partial charge in [0.15, 0.2) is 0 Å². The Morgan fingerprint density at radius 2 is 1.65 bits per heavy atom. The predicted octanol–water partition coefficient (Wildman–Crippen LogP) is 8.55. The maximum Gasteiger partial charge on any atom is 0.279 e. The fourth-order valence-corrected chi connectivity index (χ4v) is 10.5. The van der Waals surface area contributed by atoms with E-state index in [2.05, 4.69) is 123 Å². The summed E-state index contributed by atoms with van der Waals surface area (Å²) in [4.78, 5) is 18.6. The lowest BCUT2D eigenvalue weighted by molar-refractivity contribution is -0.755. The number of benzene rings is 2. The number of hydrogen-bond donors (Lipinski definition) is 4. The van der Waals surface area contributed by atoms with Gasteiger partial charge in [-0.05, 0) is 152 Å². The summed E-state index contributed by atoms with van der Waals surface area (Å²) < 4.78 is 14.8. The van der Waals surface area contributed by atoms with Crippen molar-refractivity contribution < 1.29 is 19.2 Å². The van der Waals surface area contributed by atoms with Crippen molar-refractivity contribution in [1.82, 2.24) is 20.2 Å². The van der Waals surface area contributed by atoms with Gasteiger partial charge in [0.05, 0.1) is 25.6 Å². The van der Waals surface area contributed by atoms with Crippen molar-refractivity contribution in [2.75, 3.05) is 76.5 Å². The number of anilines is 3. The van der Waals surface area contributed by atoms with Crippen LogP contribution in [0.25, 0.3) is 39.0 Å². The quantitative estimate of drug-likeness (QED) is 0.0390. The van der Waals surface area contributed by atoms with Gasteiger partial charge in [-0.3, -0.25) is 9.89 Å². The van der Waals surface area contributed by atoms with Crippen LogP contribution in [0.4, 0.5) is 17.5 Å². The molecule has 66 heavy (non-hydrogen) atoms. The zero-order valence-corrected chi connectivity index (χ0v) is 38.7. The molecular weight excluding hydrogens is 825 g/mol. The molecule has 0 spiro atoms. The lowest BCUT2D eigenvalue weighted by Crippen LogP contribution is -2.50. The third kappa shape index (κ3) is 9.90. The molecule has 7 heterocycles. The minimum absolute atomic E-state index is 0.174. The van der Waals surface area contributed by atoms with Gasteiger partial charge in [-0.15, -0.1) is 0 Å². The van der Waals surface area contributed by atoms with Crippen molar-refractivity contribution in [3.8, 4) is 33.4 Å². The van der Waals surface area contributed by atoms with E-state index in [1.807, 2.05) is 18.6 Å². The first-order valence-electron chi connectivity index (χ1n) is 23.8. The molecule has 0 amide bonds. The molecule has 2 aromatic carbocycles. The number of nitrogens with one attached hydrogen (secondary N) is 1. The van der Waals surface area contributed by atoms with Gasteiger partial charge in [-0.1, -0.05) is 36.3 Å². The Balaban J connectivity index is 1.03. The number of allylic oxidation sites excluding steroid dienone is 2. The molecule has 344 valence electrons. The highest BCUT2D eigenvalue weighted by molar-refractivity contribution is 5.88. The fraction of sp³-hybridized carbons (Fsp3) is 0.415. The second-order valence-corrected chi connectivity index (χ2v) is 18.4. The number of nitrogens with zero attached hydrogens (tertiary/aromatic N) is 7. The largest absolute Gasteiger partial charge is 0.411 e. The van der Waals surface area contributed by atoms with E-state index in [4.69, 9.17) is 31.1 Å². The normalized spacial score (nSPS) is 20.8. The molecule has 9 rings (SSSR count). The van der Waals surface area contributed by atoms with Gasteiger partial charge in [0, 0.05) is 79.1 Å². The van der Waals surface area contributed by atoms with Crippen molar-refractivity contribution in [3.63, 3.8) is 0 Å². The molecule has 3 saturated heterocycles. The van der Waals surface area contributed by atoms with Crippen LogP contribution >= 0.6 is 0 Å². The van der Waals surface area contributed by atoms with Gasteiger partial charge in [0.1, 0.15) is 24.7 Å². The fourth-order valence-electron chi connectivity index (χ4n) is 10.5. The lowest BCUT2D eigenvalue weighted by Gasteiger charge is -2.32. The van der Waals surface area contributed by atoms with E-state index in [0.717, 1.165) is 135 Å². The first-order valence-corrected chi connectivity index (χ1v) is 23.8. The van der Waals surface area contributed by atoms with Crippen LogP contribution < -0.4 is 26.3 Å². The summed E-state index contributed by atoms with van der Waals surface area (Å²) >= 11 is 0. The average Bonchev–Trinajstić information content (AvgIpc) is 3.90. The summed E-state index contributed by atoms with van der Waals surface area (Å²) in [5.74, 6) is 2.84. The number of ether oxygens (including phenoxy) is 2. The highest BCUT2D eigenvalue weighted by Crippen LogP contribution is 2.42. The van der Waals surface area contributed by atoms with E-state index in [0.29, 0.717) is 30.7 Å². The number of oxime groups is 1. The first kappa shape index (κ1) is 45.2. The zero-order chi connectivity index (χ0) is 45.6. The highest BCUT2D eigenvalue weighted by Gasteiger charge is 2.35. The molecule has 0 aliphatic carbocycles. The molecule has 2 unspecified atom stereocenters. The van der Waals surface area contributed by atoms with Gasteiger partial charge < -0.3 is 36.4 Å². The minimum atomic E-state index is -0.174. The third-order valence-corrected chi connectivity index (χ3v) is 13.9. The molecule has 0 saturated carbocycles. The topological polar surface area (TPSA) is 164 Å². The van der Waals surface area contributed by atoms with Gasteiger partial charge in [0.25, 0.3) is 5.82 Å². The number of hydrogen-bond acceptors (Lipinski definition) is 12. The summed E-state index contributed by atoms with van der Waals surface area (Å²) in [5, 5.41) is 16.1. The Kier molecular flexibility index (Phi) is 14.2. The Bertz CT molecular complexity index is 2600. The van der Waals surface area contributed by atoms with E-state index in [-0.39, 0.29) is 18.2 Å². The van der Waals surface area contributed by atoms with E-state index >= 15 is 0 Å². The SMILES string of the molecule is CC/C(=C\C=N\O)c1cc(-c2ccc(C3CCOC([n+]4ccc(-c5cc(-c6ccc(C7CCOCC7)c(CN(C)C)c6)cnc5N)cc4N4CC=NCC4)C3)c([C@@H]3CCCN3)c2)cnc1N. The third-order valence-electron chi connectivity index (χ3n) is 13.9. The highest BCUT2D eigenvalue weighted by atomic mass is 16.5. The molecule has 3 aromatic heterocycles. The summed E-state index contributed by atoms with van der Waals surface area (Å²) in [5.41, 5.74) is 26.7. The number of aromatic nitrogens is 3. The van der Waals surface area contributed by atoms with Crippen LogP contribution in [0.2, 0.25) is 0 Å². The van der Waals surface area contributed by atoms with Gasteiger partial charge in [0.2, 0.25) is 6.23 Å². The van der Waals surface area contributed by atoms with Crippen LogP contribution in [0.1, 0.15) is 104 Å². The summed E-state index contributed by atoms with van der Waals surface area (Å²) in [6.45, 7) is 8.48. The Hall–Kier alpha value is -5.99. The second kappa shape index (κ2) is 20.7. The Morgan fingerprint density at radius 3 is 2.39 bits per heavy atom. The maximum atomic E-state index is 9.09. The van der Waals surface area contributed by atoms with Crippen molar-refractivity contribution in [3.05, 3.63) is 113 Å². The van der Waals surface area contributed by atoms with Crippen molar-refractivity contribution in [2.45, 2.75) is 82.5 Å². The zero-order valence-electron chi connectivity index (χ0n) is 38.7. The molecule has 3 fully saturated rings. The molecule has 5 aromatic rings. The standard InChI is InChI=1S/C53H64N10O3/c1-4-35(11-17-60-64)46-28-42(33-58-52(46)54)38-8-10-45(48(27-38)49-6-5-16-57-49)40-15-25-66-51(31-40)63-20-12-39(30-50(63)62-21-18-56-19-22-62)47-29-41(32-59-53(47)55)37-7-9-44(36-13-23-65-24-14-36)43(26-37)34-61(2)3/h7-12,17-18,20,26-30,32-33,36,40,49,51,55,57H,4-6,13-16,19,21-25,31,34H2,1-3H3,(H3,54,58,60,64)/p+1/t40?,49-,51?/m0/s1. The summed E-state index contributed by atoms with van der Waals surface area (Å²) in [6, 6.07) is 22.9. The minimum Gasteiger partial charge on any atom is -0.411 e. The molecular formula is C53H65N10O3+. The number of pyridine rings is 3. The van der Waals surface area contributed by atoms with Crippen LogP contribution in [0.5, 0.6) is 0 Å². The van der Waals surface area contributed by atoms with Gasteiger partial charge in [-0.2, -0.15) is 0 Å². The molecule has 6 N–H and O–H groups in total. The lowest BCUT2D eigenvalue weighted by atomic mass is 9.83. The second-order valence-electron chi connectivity index (χ2n) is 18.4. The van der Waals surface area contributed by atoms with Crippen molar-refractivity contribution >= 4 is 35.5 Å². The van der Waals surface area contributed by atoms with Crippen LogP contribution in [0.15, 0.2) is 95.5 Å². The number of aliphatic imine (C=N–C) groups is 1. The van der Waals surface area contributed by atoms with Crippen LogP contribution in [0, 0.1) is 0 Å². The molecule has 13 heteroatoms. The Morgan fingerprint density at radius 1 is 0.879 bits per heavy atom. The van der Waals surface area contributed by atoms with E-state index in [9.17, 15) is 0 Å². The van der Waals surface area contributed by atoms with Gasteiger partial charge in [-0.25, -0.2) is 14.5 Å². The summed E-state index contributed by atoms with van der Waals surface area (Å²) in [6.07, 6.45) is 17.8. The van der Waals surface area contributed by atoms with Gasteiger partial charge >= 0.3 is 0 Å². The molecule has 13 nitrogen and oxygen atoms in total. The molecule has 4 aliphatic rings. The maximum absolute atomic E-state index is 9.09. The molecule has 4 aliphatic heterocycles. The molecule has 3 atom stereocenters. The van der Waals surface area contributed by atoms with Crippen LogP contribution in [-0.2, 0) is 16.0 Å². The first-order chi connectivity index (χ1) is 32.3. The Labute approximate surface area is 389 Å². The van der Waals surface area contributed by atoms with E-state index in [1.54, 1.807) is 6.08 Å². The number of rotatable bonds is 13. The average molecular weight is 890 g/mol. The monoisotopic (exact) mass is 890 g/mol. The van der Waals surface area contributed by atoms with Crippen molar-refractivity contribution in [1.29, 1.82) is 0 Å². The van der Waals surface area contributed by atoms with Crippen molar-refractivity contribution in [2.24, 2.45) is 10.1 Å². The smallest absolute Gasteiger partial charge is 0.279 e. The summed E-state index contributed by atoms with van der Waals surface area (Å²) in [7, 11) is 4.27. The van der Waals surface area contributed by atoms with Crippen LogP contribution in [-0.4, -0.2) is 92.6 Å². The molecule has 0 bridgehead atoms. The molecule has 0 radical (unpaired) electrons. The number of nitrogens with two attached hydrogens (primary N) is 2. The number of nitrogen functional groups attached to an aromatic ring is 2. The van der Waals surface area contributed by atoms with E-state index < -0.39 is 0 Å².